The molecule has 2 aromatic heterocycles. The van der Waals surface area contributed by atoms with Crippen molar-refractivity contribution in [3.05, 3.63) is 28.0 Å². The summed E-state index contributed by atoms with van der Waals surface area (Å²) < 4.78 is 0. The van der Waals surface area contributed by atoms with Gasteiger partial charge in [0.15, 0.2) is 0 Å². The fourth-order valence-corrected chi connectivity index (χ4v) is 3.66. The molecule has 0 spiro atoms. The molecule has 2 aromatic rings. The number of nitrogens with zero attached hydrogens (tertiary/aromatic N) is 5. The Balaban J connectivity index is 1.93. The fraction of sp³-hybridized carbons (Fsp3) is 0.600. The van der Waals surface area contributed by atoms with E-state index in [4.69, 9.17) is 4.98 Å². The summed E-state index contributed by atoms with van der Waals surface area (Å²) >= 11 is 1.72. The van der Waals surface area contributed by atoms with Gasteiger partial charge >= 0.3 is 0 Å². The van der Waals surface area contributed by atoms with Gasteiger partial charge in [-0.1, -0.05) is 13.8 Å². The van der Waals surface area contributed by atoms with Crippen molar-refractivity contribution in [3.63, 3.8) is 0 Å². The van der Waals surface area contributed by atoms with Gasteiger partial charge in [0.05, 0.1) is 17.4 Å². The van der Waals surface area contributed by atoms with E-state index >= 15 is 0 Å². The molecule has 1 unspecified atom stereocenters. The van der Waals surface area contributed by atoms with Crippen molar-refractivity contribution in [2.75, 3.05) is 11.4 Å². The van der Waals surface area contributed by atoms with Crippen molar-refractivity contribution in [2.24, 2.45) is 0 Å². The van der Waals surface area contributed by atoms with Crippen LogP contribution in [0.2, 0.25) is 0 Å². The Morgan fingerprint density at radius 2 is 2.05 bits per heavy atom. The lowest BCUT2D eigenvalue weighted by molar-refractivity contribution is 0.461. The van der Waals surface area contributed by atoms with Gasteiger partial charge in [-0.2, -0.15) is 5.10 Å². The highest BCUT2D eigenvalue weighted by Gasteiger charge is 2.28. The second-order valence-electron chi connectivity index (χ2n) is 5.29. The molecule has 1 saturated heterocycles. The first-order chi connectivity index (χ1) is 10.3. The molecule has 1 aliphatic rings. The van der Waals surface area contributed by atoms with Crippen molar-refractivity contribution >= 4 is 17.3 Å². The summed E-state index contributed by atoms with van der Waals surface area (Å²) in [5.41, 5.74) is 2.09. The van der Waals surface area contributed by atoms with Gasteiger partial charge < -0.3 is 4.90 Å². The number of piperidine rings is 1. The molecule has 112 valence electrons. The molecule has 21 heavy (non-hydrogen) atoms. The molecule has 1 atom stereocenters. The van der Waals surface area contributed by atoms with Crippen LogP contribution in [0.5, 0.6) is 0 Å². The van der Waals surface area contributed by atoms with Crippen molar-refractivity contribution in [3.8, 4) is 0 Å². The number of anilines is 1. The number of hydrogen-bond donors (Lipinski definition) is 0. The molecule has 1 fully saturated rings. The van der Waals surface area contributed by atoms with Gasteiger partial charge in [-0.05, 0) is 32.1 Å². The summed E-state index contributed by atoms with van der Waals surface area (Å²) in [7, 11) is 0. The molecule has 0 bridgehead atoms. The second-order valence-corrected chi connectivity index (χ2v) is 6.21. The van der Waals surface area contributed by atoms with E-state index in [0.29, 0.717) is 6.04 Å². The summed E-state index contributed by atoms with van der Waals surface area (Å²) in [6, 6.07) is 0.303. The zero-order valence-electron chi connectivity index (χ0n) is 12.6. The van der Waals surface area contributed by atoms with Gasteiger partial charge in [-0.25, -0.2) is 9.97 Å². The Morgan fingerprint density at radius 1 is 1.19 bits per heavy atom. The average molecular weight is 303 g/mol. The maximum Gasteiger partial charge on any atom is 0.246 e. The third-order valence-corrected chi connectivity index (χ3v) is 4.87. The van der Waals surface area contributed by atoms with Crippen molar-refractivity contribution in [2.45, 2.75) is 52.0 Å². The highest BCUT2D eigenvalue weighted by atomic mass is 32.1. The minimum atomic E-state index is 0.303. The minimum Gasteiger partial charge on any atom is -0.330 e. The number of thiazole rings is 1. The maximum absolute atomic E-state index is 4.77. The molecule has 1 aliphatic heterocycles. The zero-order chi connectivity index (χ0) is 14.7. The molecule has 0 aromatic carbocycles. The topological polar surface area (TPSA) is 54.8 Å². The molecule has 0 amide bonds. The monoisotopic (exact) mass is 303 g/mol. The van der Waals surface area contributed by atoms with E-state index in [1.165, 1.54) is 12.8 Å². The van der Waals surface area contributed by atoms with Crippen LogP contribution in [0.25, 0.3) is 0 Å². The van der Waals surface area contributed by atoms with Gasteiger partial charge in [0.25, 0.3) is 0 Å². The van der Waals surface area contributed by atoms with Gasteiger partial charge in [-0.15, -0.1) is 16.4 Å². The lowest BCUT2D eigenvalue weighted by atomic mass is 10.0. The van der Waals surface area contributed by atoms with Gasteiger partial charge in [0.1, 0.15) is 5.01 Å². The van der Waals surface area contributed by atoms with Crippen LogP contribution in [0.15, 0.2) is 11.6 Å². The molecule has 0 N–H and O–H groups in total. The smallest absolute Gasteiger partial charge is 0.246 e. The summed E-state index contributed by atoms with van der Waals surface area (Å²) in [6.07, 6.45) is 7.21. The van der Waals surface area contributed by atoms with Crippen LogP contribution in [-0.4, -0.2) is 26.7 Å². The zero-order valence-corrected chi connectivity index (χ0v) is 13.4. The molecule has 3 heterocycles. The normalized spacial score (nSPS) is 19.0. The van der Waals surface area contributed by atoms with E-state index in [-0.39, 0.29) is 0 Å². The van der Waals surface area contributed by atoms with Crippen LogP contribution >= 0.6 is 11.3 Å². The lowest BCUT2D eigenvalue weighted by Gasteiger charge is -2.34. The minimum absolute atomic E-state index is 0.303. The largest absolute Gasteiger partial charge is 0.330 e. The number of aromatic nitrogens is 4. The van der Waals surface area contributed by atoms with E-state index in [2.05, 4.69) is 33.9 Å². The molecular weight excluding hydrogens is 282 g/mol. The molecule has 5 nitrogen and oxygen atoms in total. The first-order valence-electron chi connectivity index (χ1n) is 7.72. The molecule has 0 radical (unpaired) electrons. The Morgan fingerprint density at radius 3 is 2.76 bits per heavy atom. The van der Waals surface area contributed by atoms with Gasteiger partial charge in [-0.3, -0.25) is 0 Å². The van der Waals surface area contributed by atoms with Gasteiger partial charge in [0, 0.05) is 18.1 Å². The Bertz CT molecular complexity index is 584. The summed E-state index contributed by atoms with van der Waals surface area (Å²) in [4.78, 5) is 11.6. The van der Waals surface area contributed by atoms with E-state index in [0.717, 1.165) is 48.2 Å². The van der Waals surface area contributed by atoms with Crippen LogP contribution in [0, 0.1) is 0 Å². The summed E-state index contributed by atoms with van der Waals surface area (Å²) in [5, 5.41) is 12.0. The van der Waals surface area contributed by atoms with E-state index in [9.17, 15) is 0 Å². The molecule has 6 heteroatoms. The molecule has 0 aliphatic carbocycles. The lowest BCUT2D eigenvalue weighted by Crippen LogP contribution is -2.35. The van der Waals surface area contributed by atoms with E-state index < -0.39 is 0 Å². The fourth-order valence-electron chi connectivity index (χ4n) is 2.88. The standard InChI is InChI=1S/C15H21N5S/c1-3-11-12(4-2)18-19-15(17-11)20-9-6-5-7-13(20)14-16-8-10-21-14/h8,10,13H,3-7,9H2,1-2H3. The van der Waals surface area contributed by atoms with E-state index in [1.54, 1.807) is 11.3 Å². The van der Waals surface area contributed by atoms with Crippen molar-refractivity contribution in [1.82, 2.24) is 20.2 Å². The van der Waals surface area contributed by atoms with Crippen molar-refractivity contribution in [1.29, 1.82) is 0 Å². The molecule has 0 saturated carbocycles. The Labute approximate surface area is 129 Å². The molecule has 3 rings (SSSR count). The number of hydrogen-bond acceptors (Lipinski definition) is 6. The highest BCUT2D eigenvalue weighted by Crippen LogP contribution is 2.34. The predicted octanol–water partition coefficient (Wildman–Crippen LogP) is 3.18. The quantitative estimate of drug-likeness (QED) is 0.868. The third kappa shape index (κ3) is 2.90. The average Bonchev–Trinajstić information content (AvgIpc) is 3.08. The maximum atomic E-state index is 4.77. The number of rotatable bonds is 4. The predicted molar refractivity (Wildman–Crippen MR) is 84.6 cm³/mol. The second kappa shape index (κ2) is 6.47. The Kier molecular flexibility index (Phi) is 4.43. The first kappa shape index (κ1) is 14.4. The van der Waals surface area contributed by atoms with Crippen LogP contribution < -0.4 is 4.90 Å². The van der Waals surface area contributed by atoms with Crippen LogP contribution in [-0.2, 0) is 12.8 Å². The summed E-state index contributed by atoms with van der Waals surface area (Å²) in [6.45, 7) is 5.21. The first-order valence-corrected chi connectivity index (χ1v) is 8.60. The Hall–Kier alpha value is -1.56. The van der Waals surface area contributed by atoms with Crippen LogP contribution in [0.3, 0.4) is 0 Å². The summed E-state index contributed by atoms with van der Waals surface area (Å²) in [5.74, 6) is 0.768. The van der Waals surface area contributed by atoms with Gasteiger partial charge in [0.2, 0.25) is 5.95 Å². The molecular formula is C15H21N5S. The number of aryl methyl sites for hydroxylation is 2. The van der Waals surface area contributed by atoms with Crippen molar-refractivity contribution < 1.29 is 0 Å². The third-order valence-electron chi connectivity index (χ3n) is 3.99. The highest BCUT2D eigenvalue weighted by molar-refractivity contribution is 7.09. The SMILES string of the molecule is CCc1nnc(N2CCCCC2c2nccs2)nc1CC. The van der Waals surface area contributed by atoms with Crippen LogP contribution in [0.1, 0.15) is 55.5 Å². The van der Waals surface area contributed by atoms with Crippen LogP contribution in [0.4, 0.5) is 5.95 Å². The van der Waals surface area contributed by atoms with E-state index in [1.807, 2.05) is 11.6 Å².